The van der Waals surface area contributed by atoms with E-state index in [1.165, 1.54) is 6.26 Å². The Morgan fingerprint density at radius 3 is 2.21 bits per heavy atom. The van der Waals surface area contributed by atoms with E-state index >= 15 is 0 Å². The lowest BCUT2D eigenvalue weighted by molar-refractivity contribution is -0.132. The Morgan fingerprint density at radius 2 is 1.59 bits per heavy atom. The molecule has 1 aliphatic rings. The highest BCUT2D eigenvalue weighted by Gasteiger charge is 2.28. The van der Waals surface area contributed by atoms with Crippen molar-refractivity contribution < 1.29 is 18.8 Å². The van der Waals surface area contributed by atoms with Gasteiger partial charge in [0, 0.05) is 30.3 Å². The summed E-state index contributed by atoms with van der Waals surface area (Å²) in [6.45, 7) is 2.93. The number of nitrogens with zero attached hydrogens (tertiary/aromatic N) is 1. The number of nitrogens with one attached hydrogen (secondary N) is 2. The minimum absolute atomic E-state index is 0.0104. The van der Waals surface area contributed by atoms with Crippen LogP contribution < -0.4 is 10.6 Å². The number of carbonyl (C=O) groups is 3. The van der Waals surface area contributed by atoms with Crippen molar-refractivity contribution in [3.05, 3.63) is 95.4 Å². The molecule has 2 heterocycles. The number of furan rings is 1. The zero-order valence-corrected chi connectivity index (χ0v) is 19.2. The van der Waals surface area contributed by atoms with Gasteiger partial charge in [-0.05, 0) is 43.5 Å². The second-order valence-electron chi connectivity index (χ2n) is 8.57. The first-order chi connectivity index (χ1) is 16.5. The van der Waals surface area contributed by atoms with Crippen LogP contribution >= 0.6 is 0 Å². The Morgan fingerprint density at radius 1 is 0.941 bits per heavy atom. The first-order valence-corrected chi connectivity index (χ1v) is 11.5. The molecule has 3 aromatic rings. The molecule has 1 saturated heterocycles. The molecule has 176 valence electrons. The normalized spacial score (nSPS) is 14.9. The van der Waals surface area contributed by atoms with Crippen LogP contribution in [0.3, 0.4) is 0 Å². The molecule has 0 saturated carbocycles. The van der Waals surface area contributed by atoms with Crippen molar-refractivity contribution in [3.63, 3.8) is 0 Å². The van der Waals surface area contributed by atoms with E-state index in [0.29, 0.717) is 37.3 Å². The highest BCUT2D eigenvalue weighted by Crippen LogP contribution is 2.21. The van der Waals surface area contributed by atoms with E-state index in [2.05, 4.69) is 10.6 Å². The maximum atomic E-state index is 13.1. The maximum Gasteiger partial charge on any atom is 0.287 e. The summed E-state index contributed by atoms with van der Waals surface area (Å²) in [5.41, 5.74) is 2.24. The zero-order valence-electron chi connectivity index (χ0n) is 19.2. The fourth-order valence-electron chi connectivity index (χ4n) is 4.20. The number of benzene rings is 2. The molecule has 0 bridgehead atoms. The number of rotatable bonds is 7. The summed E-state index contributed by atoms with van der Waals surface area (Å²) < 4.78 is 5.27. The van der Waals surface area contributed by atoms with Gasteiger partial charge in [0.1, 0.15) is 0 Å². The van der Waals surface area contributed by atoms with Crippen LogP contribution in [0.15, 0.2) is 77.4 Å². The van der Waals surface area contributed by atoms with E-state index in [9.17, 15) is 14.4 Å². The SMILES string of the molecule is Cc1ccoc1C(=O)NC1CCN(C(=O)CC(NC(=O)c2ccccc2)c2ccccc2)CC1. The molecule has 0 radical (unpaired) electrons. The summed E-state index contributed by atoms with van der Waals surface area (Å²) in [5, 5.41) is 6.03. The number of hydrogen-bond acceptors (Lipinski definition) is 4. The average Bonchev–Trinajstić information content (AvgIpc) is 3.31. The van der Waals surface area contributed by atoms with Crippen molar-refractivity contribution in [3.8, 4) is 0 Å². The third-order valence-electron chi connectivity index (χ3n) is 6.17. The molecule has 0 spiro atoms. The second-order valence-corrected chi connectivity index (χ2v) is 8.57. The minimum Gasteiger partial charge on any atom is -0.459 e. The van der Waals surface area contributed by atoms with Gasteiger partial charge in [0.25, 0.3) is 11.8 Å². The van der Waals surface area contributed by atoms with Crippen LogP contribution in [0.2, 0.25) is 0 Å². The van der Waals surface area contributed by atoms with Gasteiger partial charge in [-0.15, -0.1) is 0 Å². The molecule has 2 N–H and O–H groups in total. The van der Waals surface area contributed by atoms with E-state index in [4.69, 9.17) is 4.42 Å². The lowest BCUT2D eigenvalue weighted by atomic mass is 10.00. The van der Waals surface area contributed by atoms with Crippen molar-refractivity contribution in [1.82, 2.24) is 15.5 Å². The van der Waals surface area contributed by atoms with Crippen molar-refractivity contribution in [2.24, 2.45) is 0 Å². The molecule has 1 unspecified atom stereocenters. The van der Waals surface area contributed by atoms with Crippen molar-refractivity contribution in [2.75, 3.05) is 13.1 Å². The number of aryl methyl sites for hydroxylation is 1. The van der Waals surface area contributed by atoms with E-state index in [1.807, 2.05) is 60.4 Å². The van der Waals surface area contributed by atoms with Crippen LogP contribution in [-0.2, 0) is 4.79 Å². The van der Waals surface area contributed by atoms with Crippen molar-refractivity contribution in [1.29, 1.82) is 0 Å². The van der Waals surface area contributed by atoms with Gasteiger partial charge in [0.15, 0.2) is 5.76 Å². The molecule has 3 amide bonds. The van der Waals surface area contributed by atoms with Crippen LogP contribution in [0.25, 0.3) is 0 Å². The predicted octanol–water partition coefficient (Wildman–Crippen LogP) is 3.87. The molecule has 7 nitrogen and oxygen atoms in total. The quantitative estimate of drug-likeness (QED) is 0.561. The van der Waals surface area contributed by atoms with E-state index < -0.39 is 6.04 Å². The third kappa shape index (κ3) is 5.73. The first-order valence-electron chi connectivity index (χ1n) is 11.5. The topological polar surface area (TPSA) is 91.7 Å². The summed E-state index contributed by atoms with van der Waals surface area (Å²) >= 11 is 0. The maximum absolute atomic E-state index is 13.1. The lowest BCUT2D eigenvalue weighted by Crippen LogP contribution is -2.47. The van der Waals surface area contributed by atoms with Crippen LogP contribution in [0.5, 0.6) is 0 Å². The summed E-state index contributed by atoms with van der Waals surface area (Å²) in [5.74, 6) is -0.121. The standard InChI is InChI=1S/C27H29N3O4/c1-19-14-17-34-25(19)27(33)28-22-12-15-30(16-13-22)24(31)18-23(20-8-4-2-5-9-20)29-26(32)21-10-6-3-7-11-21/h2-11,14,17,22-23H,12-13,15-16,18H2,1H3,(H,28,33)(H,29,32). The van der Waals surface area contributed by atoms with Crippen LogP contribution in [0, 0.1) is 6.92 Å². The van der Waals surface area contributed by atoms with E-state index in [1.54, 1.807) is 18.2 Å². The van der Waals surface area contributed by atoms with Gasteiger partial charge in [-0.3, -0.25) is 14.4 Å². The fourth-order valence-corrected chi connectivity index (χ4v) is 4.20. The molecule has 1 fully saturated rings. The van der Waals surface area contributed by atoms with E-state index in [-0.39, 0.29) is 30.2 Å². The molecule has 2 aromatic carbocycles. The largest absolute Gasteiger partial charge is 0.459 e. The highest BCUT2D eigenvalue weighted by molar-refractivity contribution is 5.95. The Kier molecular flexibility index (Phi) is 7.42. The van der Waals surface area contributed by atoms with Crippen LogP contribution in [0.4, 0.5) is 0 Å². The number of amides is 3. The van der Waals surface area contributed by atoms with Crippen molar-refractivity contribution >= 4 is 17.7 Å². The lowest BCUT2D eigenvalue weighted by Gasteiger charge is -2.33. The van der Waals surface area contributed by atoms with Gasteiger partial charge < -0.3 is 20.0 Å². The molecule has 7 heteroatoms. The van der Waals surface area contributed by atoms with Gasteiger partial charge in [-0.2, -0.15) is 0 Å². The second kappa shape index (κ2) is 10.8. The smallest absolute Gasteiger partial charge is 0.287 e. The molecular formula is C27H29N3O4. The molecule has 4 rings (SSSR count). The highest BCUT2D eigenvalue weighted by atomic mass is 16.3. The number of carbonyl (C=O) groups excluding carboxylic acids is 3. The average molecular weight is 460 g/mol. The number of likely N-dealkylation sites (tertiary alicyclic amines) is 1. The van der Waals surface area contributed by atoms with Crippen LogP contribution in [-0.4, -0.2) is 41.8 Å². The van der Waals surface area contributed by atoms with Gasteiger partial charge in [0.2, 0.25) is 5.91 Å². The van der Waals surface area contributed by atoms with Gasteiger partial charge in [-0.25, -0.2) is 0 Å². The Hall–Kier alpha value is -3.87. The molecule has 34 heavy (non-hydrogen) atoms. The minimum atomic E-state index is -0.430. The molecule has 0 aliphatic carbocycles. The molecule has 1 aliphatic heterocycles. The van der Waals surface area contributed by atoms with Crippen molar-refractivity contribution in [2.45, 2.75) is 38.3 Å². The molecule has 1 atom stereocenters. The number of piperidine rings is 1. The van der Waals surface area contributed by atoms with Gasteiger partial charge in [-0.1, -0.05) is 48.5 Å². The first kappa shape index (κ1) is 23.3. The summed E-state index contributed by atoms with van der Waals surface area (Å²) in [4.78, 5) is 40.1. The Balaban J connectivity index is 1.35. The number of hydrogen-bond donors (Lipinski definition) is 2. The summed E-state index contributed by atoms with van der Waals surface area (Å²) in [6, 6.07) is 19.9. The van der Waals surface area contributed by atoms with Gasteiger partial charge >= 0.3 is 0 Å². The Bertz CT molecular complexity index is 1120. The Labute approximate surface area is 199 Å². The molecular weight excluding hydrogens is 430 g/mol. The van der Waals surface area contributed by atoms with E-state index in [0.717, 1.165) is 11.1 Å². The van der Waals surface area contributed by atoms with Crippen LogP contribution in [0.1, 0.15) is 57.3 Å². The fraction of sp³-hybridized carbons (Fsp3) is 0.296. The summed E-state index contributed by atoms with van der Waals surface area (Å²) in [7, 11) is 0. The monoisotopic (exact) mass is 459 g/mol. The third-order valence-corrected chi connectivity index (χ3v) is 6.17. The predicted molar refractivity (Wildman–Crippen MR) is 128 cm³/mol. The van der Waals surface area contributed by atoms with Gasteiger partial charge in [0.05, 0.1) is 18.7 Å². The molecule has 1 aromatic heterocycles. The summed E-state index contributed by atoms with van der Waals surface area (Å²) in [6.07, 6.45) is 3.02. The zero-order chi connectivity index (χ0) is 23.9.